The zero-order chi connectivity index (χ0) is 14.7. The minimum Gasteiger partial charge on any atom is -0.496 e. The number of hydrogen-bond acceptors (Lipinski definition) is 4. The van der Waals surface area contributed by atoms with E-state index in [9.17, 15) is 10.1 Å². The van der Waals surface area contributed by atoms with Crippen LogP contribution >= 0.6 is 0 Å². The fourth-order valence-corrected chi connectivity index (χ4v) is 2.14. The van der Waals surface area contributed by atoms with Gasteiger partial charge in [-0.15, -0.1) is 0 Å². The van der Waals surface area contributed by atoms with E-state index < -0.39 is 5.92 Å². The van der Waals surface area contributed by atoms with Crippen molar-refractivity contribution in [3.8, 4) is 11.8 Å². The molecule has 1 aromatic heterocycles. The molecule has 0 amide bonds. The van der Waals surface area contributed by atoms with Crippen LogP contribution in [0, 0.1) is 25.2 Å². The summed E-state index contributed by atoms with van der Waals surface area (Å²) in [6, 6.07) is 9.11. The van der Waals surface area contributed by atoms with Crippen LogP contribution in [0.15, 0.2) is 34.9 Å². The van der Waals surface area contributed by atoms with Gasteiger partial charge in [-0.3, -0.25) is 4.79 Å². The van der Waals surface area contributed by atoms with E-state index in [4.69, 9.17) is 9.15 Å². The lowest BCUT2D eigenvalue weighted by atomic mass is 9.90. The molecule has 0 spiro atoms. The van der Waals surface area contributed by atoms with Gasteiger partial charge in [0, 0.05) is 5.56 Å². The summed E-state index contributed by atoms with van der Waals surface area (Å²) in [4.78, 5) is 12.5. The Bertz CT molecular complexity index is 679. The van der Waals surface area contributed by atoms with E-state index in [0.717, 1.165) is 5.56 Å². The maximum Gasteiger partial charge on any atom is 0.188 e. The average molecular weight is 269 g/mol. The molecule has 20 heavy (non-hydrogen) atoms. The molecular weight excluding hydrogens is 254 g/mol. The summed E-state index contributed by atoms with van der Waals surface area (Å²) >= 11 is 0. The Hall–Kier alpha value is -2.54. The van der Waals surface area contributed by atoms with E-state index in [1.54, 1.807) is 25.1 Å². The maximum atomic E-state index is 12.5. The maximum absolute atomic E-state index is 12.5. The van der Waals surface area contributed by atoms with Gasteiger partial charge < -0.3 is 9.15 Å². The number of ether oxygens (including phenoxy) is 1. The largest absolute Gasteiger partial charge is 0.496 e. The minimum absolute atomic E-state index is 0.275. The first-order chi connectivity index (χ1) is 9.58. The number of Topliss-reactive ketones (excluding diaryl/α,β-unsaturated/α-hetero) is 1. The van der Waals surface area contributed by atoms with Crippen molar-refractivity contribution in [1.29, 1.82) is 5.26 Å². The Balaban J connectivity index is 2.49. The summed E-state index contributed by atoms with van der Waals surface area (Å²) in [5.74, 6) is -0.123. The monoisotopic (exact) mass is 269 g/mol. The number of aryl methyl sites for hydroxylation is 2. The molecule has 2 aromatic rings. The van der Waals surface area contributed by atoms with Crippen molar-refractivity contribution in [2.45, 2.75) is 19.8 Å². The molecule has 1 heterocycles. The van der Waals surface area contributed by atoms with Gasteiger partial charge in [0.1, 0.15) is 17.4 Å². The normalized spacial score (nSPS) is 11.7. The lowest BCUT2D eigenvalue weighted by Crippen LogP contribution is -2.13. The first-order valence-corrected chi connectivity index (χ1v) is 6.21. The quantitative estimate of drug-likeness (QED) is 0.798. The number of nitrogens with zero attached hydrogens (tertiary/aromatic N) is 1. The van der Waals surface area contributed by atoms with Crippen LogP contribution in [0.4, 0.5) is 0 Å². The molecule has 1 atom stereocenters. The lowest BCUT2D eigenvalue weighted by molar-refractivity contribution is 0.0976. The predicted octanol–water partition coefficient (Wildman–Crippen LogP) is 3.40. The predicted molar refractivity (Wildman–Crippen MR) is 73.9 cm³/mol. The van der Waals surface area contributed by atoms with Crippen LogP contribution in [0.5, 0.6) is 5.75 Å². The van der Waals surface area contributed by atoms with Crippen molar-refractivity contribution in [2.75, 3.05) is 7.11 Å². The van der Waals surface area contributed by atoms with Gasteiger partial charge in [-0.05, 0) is 26.0 Å². The highest BCUT2D eigenvalue weighted by Crippen LogP contribution is 2.30. The van der Waals surface area contributed by atoms with Crippen LogP contribution < -0.4 is 4.74 Å². The van der Waals surface area contributed by atoms with E-state index >= 15 is 0 Å². The van der Waals surface area contributed by atoms with Gasteiger partial charge in [0.2, 0.25) is 0 Å². The zero-order valence-electron chi connectivity index (χ0n) is 11.6. The van der Waals surface area contributed by atoms with Crippen LogP contribution in [0.3, 0.4) is 0 Å². The van der Waals surface area contributed by atoms with Gasteiger partial charge in [0.25, 0.3) is 0 Å². The van der Waals surface area contributed by atoms with Crippen molar-refractivity contribution in [3.63, 3.8) is 0 Å². The van der Waals surface area contributed by atoms with Gasteiger partial charge >= 0.3 is 0 Å². The molecular formula is C16H15NO3. The van der Waals surface area contributed by atoms with E-state index in [1.165, 1.54) is 13.4 Å². The number of furan rings is 1. The summed E-state index contributed by atoms with van der Waals surface area (Å²) in [6.45, 7) is 3.61. The van der Waals surface area contributed by atoms with Crippen molar-refractivity contribution in [3.05, 3.63) is 53.0 Å². The highest BCUT2D eigenvalue weighted by atomic mass is 16.5. The van der Waals surface area contributed by atoms with Crippen LogP contribution in [0.1, 0.15) is 33.2 Å². The van der Waals surface area contributed by atoms with E-state index in [0.29, 0.717) is 22.6 Å². The topological polar surface area (TPSA) is 63.2 Å². The summed E-state index contributed by atoms with van der Waals surface area (Å²) in [7, 11) is 1.52. The minimum atomic E-state index is -0.902. The molecule has 0 saturated heterocycles. The lowest BCUT2D eigenvalue weighted by Gasteiger charge is -2.13. The highest BCUT2D eigenvalue weighted by molar-refractivity contribution is 6.03. The second-order valence-corrected chi connectivity index (χ2v) is 4.56. The standard InChI is InChI=1S/C16H15NO3/c1-10-4-5-15(19-3)13(8-10)14(9-17)16(18)12-6-7-20-11(12)2/h4-8,14H,1-3H3. The first kappa shape index (κ1) is 13.9. The fourth-order valence-electron chi connectivity index (χ4n) is 2.14. The third kappa shape index (κ3) is 2.43. The van der Waals surface area contributed by atoms with Gasteiger partial charge in [-0.25, -0.2) is 0 Å². The smallest absolute Gasteiger partial charge is 0.188 e. The summed E-state index contributed by atoms with van der Waals surface area (Å²) in [5, 5.41) is 9.39. The molecule has 0 N–H and O–H groups in total. The average Bonchev–Trinajstić information content (AvgIpc) is 2.86. The molecule has 0 fully saturated rings. The molecule has 0 aliphatic heterocycles. The van der Waals surface area contributed by atoms with Crippen molar-refractivity contribution in [1.82, 2.24) is 0 Å². The molecule has 4 heteroatoms. The van der Waals surface area contributed by atoms with E-state index in [1.807, 2.05) is 13.0 Å². The molecule has 0 radical (unpaired) electrons. The van der Waals surface area contributed by atoms with E-state index in [-0.39, 0.29) is 5.78 Å². The van der Waals surface area contributed by atoms with Crippen molar-refractivity contribution in [2.24, 2.45) is 0 Å². The number of carbonyl (C=O) groups is 1. The third-order valence-corrected chi connectivity index (χ3v) is 3.21. The number of rotatable bonds is 4. The Morgan fingerprint density at radius 3 is 2.65 bits per heavy atom. The number of hydrogen-bond donors (Lipinski definition) is 0. The van der Waals surface area contributed by atoms with Gasteiger partial charge in [-0.2, -0.15) is 5.26 Å². The van der Waals surface area contributed by atoms with Gasteiger partial charge in [0.05, 0.1) is 25.0 Å². The Morgan fingerprint density at radius 2 is 2.10 bits per heavy atom. The highest BCUT2D eigenvalue weighted by Gasteiger charge is 2.27. The number of ketones is 1. The van der Waals surface area contributed by atoms with Gasteiger partial charge in [0.15, 0.2) is 5.78 Å². The zero-order valence-corrected chi connectivity index (χ0v) is 11.6. The number of carbonyl (C=O) groups excluding carboxylic acids is 1. The molecule has 4 nitrogen and oxygen atoms in total. The first-order valence-electron chi connectivity index (χ1n) is 6.21. The fraction of sp³-hybridized carbons (Fsp3) is 0.250. The molecule has 1 unspecified atom stereocenters. The molecule has 1 aromatic carbocycles. The summed E-state index contributed by atoms with van der Waals surface area (Å²) in [6.07, 6.45) is 1.45. The van der Waals surface area contributed by atoms with Crippen LogP contribution in [0.2, 0.25) is 0 Å². The molecule has 102 valence electrons. The molecule has 0 aliphatic carbocycles. The Morgan fingerprint density at radius 1 is 1.35 bits per heavy atom. The van der Waals surface area contributed by atoms with Crippen LogP contribution in [0.25, 0.3) is 0 Å². The summed E-state index contributed by atoms with van der Waals surface area (Å²) < 4.78 is 10.4. The van der Waals surface area contributed by atoms with Crippen LogP contribution in [-0.2, 0) is 0 Å². The second-order valence-electron chi connectivity index (χ2n) is 4.56. The molecule has 0 aliphatic rings. The second kappa shape index (κ2) is 5.62. The molecule has 0 bridgehead atoms. The Labute approximate surface area is 117 Å². The van der Waals surface area contributed by atoms with E-state index in [2.05, 4.69) is 6.07 Å². The SMILES string of the molecule is COc1ccc(C)cc1C(C#N)C(=O)c1ccoc1C. The van der Waals surface area contributed by atoms with Crippen LogP contribution in [-0.4, -0.2) is 12.9 Å². The number of benzene rings is 1. The Kier molecular flexibility index (Phi) is 3.90. The summed E-state index contributed by atoms with van der Waals surface area (Å²) in [5.41, 5.74) is 1.98. The van der Waals surface area contributed by atoms with Crippen molar-refractivity contribution < 1.29 is 13.9 Å². The number of nitriles is 1. The molecule has 0 saturated carbocycles. The number of methoxy groups -OCH3 is 1. The van der Waals surface area contributed by atoms with Gasteiger partial charge in [-0.1, -0.05) is 17.7 Å². The van der Waals surface area contributed by atoms with Crippen molar-refractivity contribution >= 4 is 5.78 Å². The molecule has 2 rings (SSSR count). The third-order valence-electron chi connectivity index (χ3n) is 3.21.